The van der Waals surface area contributed by atoms with E-state index in [0.29, 0.717) is 21.6 Å². The van der Waals surface area contributed by atoms with Gasteiger partial charge in [0, 0.05) is 4.88 Å². The van der Waals surface area contributed by atoms with Crippen molar-refractivity contribution in [2.24, 2.45) is 11.3 Å². The van der Waals surface area contributed by atoms with E-state index in [0.717, 1.165) is 24.8 Å². The minimum Gasteiger partial charge on any atom is -0.368 e. The Morgan fingerprint density at radius 2 is 2.31 bits per heavy atom. The number of anilines is 2. The van der Waals surface area contributed by atoms with Crippen LogP contribution in [0, 0.1) is 22.7 Å². The molecule has 138 valence electrons. The lowest BCUT2D eigenvalue weighted by atomic mass is 9.72. The van der Waals surface area contributed by atoms with Gasteiger partial charge < -0.3 is 11.1 Å². The van der Waals surface area contributed by atoms with E-state index < -0.39 is 0 Å². The van der Waals surface area contributed by atoms with Crippen LogP contribution in [0.3, 0.4) is 0 Å². The second-order valence-corrected chi connectivity index (χ2v) is 9.51. The maximum absolute atomic E-state index is 12.3. The van der Waals surface area contributed by atoms with Gasteiger partial charge in [-0.05, 0) is 36.2 Å². The third-order valence-corrected chi connectivity index (χ3v) is 6.69. The van der Waals surface area contributed by atoms with Crippen molar-refractivity contribution in [2.45, 2.75) is 45.2 Å². The summed E-state index contributed by atoms with van der Waals surface area (Å²) in [5.41, 5.74) is 7.45. The molecule has 1 amide bonds. The highest BCUT2D eigenvalue weighted by Crippen LogP contribution is 2.44. The number of hydrogen-bond donors (Lipinski definition) is 3. The lowest BCUT2D eigenvalue weighted by Crippen LogP contribution is -2.26. The van der Waals surface area contributed by atoms with Gasteiger partial charge in [-0.3, -0.25) is 4.79 Å². The van der Waals surface area contributed by atoms with E-state index in [9.17, 15) is 10.1 Å². The first kappa shape index (κ1) is 18.7. The van der Waals surface area contributed by atoms with E-state index in [2.05, 4.69) is 47.3 Å². The molecule has 1 aliphatic carbocycles. The molecule has 0 bridgehead atoms. The minimum atomic E-state index is -0.180. The fraction of sp³-hybridized carbons (Fsp3) is 0.529. The van der Waals surface area contributed by atoms with E-state index in [1.54, 1.807) is 0 Å². The maximum atomic E-state index is 12.3. The van der Waals surface area contributed by atoms with Crippen molar-refractivity contribution in [3.63, 3.8) is 0 Å². The SMILES string of the molecule is CC(C)(C)C1CCc2c(sc(NC(=O)CSc3n[nH]c(N)n3)c2C#N)C1. The molecular formula is C17H22N6OS2. The first-order valence-electron chi connectivity index (χ1n) is 8.43. The molecule has 0 fully saturated rings. The average Bonchev–Trinajstić information content (AvgIpc) is 3.14. The summed E-state index contributed by atoms with van der Waals surface area (Å²) in [7, 11) is 0. The van der Waals surface area contributed by atoms with Gasteiger partial charge >= 0.3 is 0 Å². The summed E-state index contributed by atoms with van der Waals surface area (Å²) in [4.78, 5) is 17.5. The summed E-state index contributed by atoms with van der Waals surface area (Å²) < 4.78 is 0. The zero-order valence-electron chi connectivity index (χ0n) is 15.0. The highest BCUT2D eigenvalue weighted by molar-refractivity contribution is 7.99. The molecule has 7 nitrogen and oxygen atoms in total. The number of thioether (sulfide) groups is 1. The van der Waals surface area contributed by atoms with Crippen LogP contribution in [0.15, 0.2) is 5.16 Å². The number of carbonyl (C=O) groups is 1. The third-order valence-electron chi connectivity index (χ3n) is 4.67. The molecule has 1 aliphatic rings. The van der Waals surface area contributed by atoms with Crippen molar-refractivity contribution < 1.29 is 4.79 Å². The van der Waals surface area contributed by atoms with Gasteiger partial charge in [0.05, 0.1) is 11.3 Å². The number of rotatable bonds is 4. The fourth-order valence-corrected chi connectivity index (χ4v) is 5.05. The van der Waals surface area contributed by atoms with Gasteiger partial charge in [0.15, 0.2) is 0 Å². The van der Waals surface area contributed by atoms with Gasteiger partial charge in [0.2, 0.25) is 17.0 Å². The second kappa shape index (κ2) is 7.29. The largest absolute Gasteiger partial charge is 0.368 e. The van der Waals surface area contributed by atoms with Crippen LogP contribution in [0.2, 0.25) is 0 Å². The molecule has 0 saturated heterocycles. The molecular weight excluding hydrogens is 368 g/mol. The lowest BCUT2D eigenvalue weighted by Gasteiger charge is -2.33. The molecule has 2 heterocycles. The summed E-state index contributed by atoms with van der Waals surface area (Å²) in [6.45, 7) is 6.78. The standard InChI is InChI=1S/C17H22N6OS2/c1-17(2,3)9-4-5-10-11(7-18)14(26-12(10)6-9)20-13(24)8-25-16-21-15(19)22-23-16/h9H,4-6,8H2,1-3H3,(H,20,24)(H3,19,21,22,23). The van der Waals surface area contributed by atoms with Crippen LogP contribution in [-0.4, -0.2) is 26.8 Å². The molecule has 3 rings (SSSR count). The van der Waals surface area contributed by atoms with E-state index in [-0.39, 0.29) is 23.0 Å². The van der Waals surface area contributed by atoms with Crippen LogP contribution in [0.1, 0.15) is 43.2 Å². The smallest absolute Gasteiger partial charge is 0.235 e. The number of nitriles is 1. The molecule has 2 aromatic rings. The molecule has 4 N–H and O–H groups in total. The molecule has 0 saturated carbocycles. The lowest BCUT2D eigenvalue weighted by molar-refractivity contribution is -0.113. The zero-order chi connectivity index (χ0) is 18.9. The number of amides is 1. The Morgan fingerprint density at radius 1 is 1.54 bits per heavy atom. The Hall–Kier alpha value is -2.05. The Kier molecular flexibility index (Phi) is 5.25. The summed E-state index contributed by atoms with van der Waals surface area (Å²) in [5, 5.41) is 20.0. The van der Waals surface area contributed by atoms with E-state index in [1.165, 1.54) is 28.0 Å². The minimum absolute atomic E-state index is 0.162. The molecule has 0 radical (unpaired) electrons. The van der Waals surface area contributed by atoms with Crippen molar-refractivity contribution in [1.82, 2.24) is 15.2 Å². The molecule has 1 unspecified atom stereocenters. The van der Waals surface area contributed by atoms with Gasteiger partial charge in [0.25, 0.3) is 0 Å². The number of H-pyrrole nitrogens is 1. The number of aromatic nitrogens is 3. The van der Waals surface area contributed by atoms with Crippen LogP contribution in [0.25, 0.3) is 0 Å². The van der Waals surface area contributed by atoms with Crippen molar-refractivity contribution in [2.75, 3.05) is 16.8 Å². The number of nitrogen functional groups attached to an aromatic ring is 1. The van der Waals surface area contributed by atoms with Gasteiger partial charge in [-0.1, -0.05) is 32.5 Å². The Morgan fingerprint density at radius 3 is 2.92 bits per heavy atom. The van der Waals surface area contributed by atoms with E-state index in [1.807, 2.05) is 0 Å². The number of fused-ring (bicyclic) bond motifs is 1. The molecule has 9 heteroatoms. The first-order chi connectivity index (χ1) is 12.3. The predicted octanol–water partition coefficient (Wildman–Crippen LogP) is 3.20. The number of thiophene rings is 1. The number of aromatic amines is 1. The molecule has 1 atom stereocenters. The van der Waals surface area contributed by atoms with Crippen molar-refractivity contribution in [1.29, 1.82) is 5.26 Å². The molecule has 0 spiro atoms. The summed E-state index contributed by atoms with van der Waals surface area (Å²) in [6.07, 6.45) is 2.95. The van der Waals surface area contributed by atoms with Gasteiger partial charge in [-0.2, -0.15) is 10.2 Å². The number of carbonyl (C=O) groups excluding carboxylic acids is 1. The fourth-order valence-electron chi connectivity index (χ4n) is 3.15. The molecule has 0 aromatic carbocycles. The summed E-state index contributed by atoms with van der Waals surface area (Å²) in [5.74, 6) is 0.797. The molecule has 0 aliphatic heterocycles. The van der Waals surface area contributed by atoms with Crippen molar-refractivity contribution >= 4 is 40.0 Å². The summed E-state index contributed by atoms with van der Waals surface area (Å²) in [6, 6.07) is 2.28. The zero-order valence-corrected chi connectivity index (χ0v) is 16.7. The van der Waals surface area contributed by atoms with Crippen molar-refractivity contribution in [3.05, 3.63) is 16.0 Å². The topological polar surface area (TPSA) is 120 Å². The van der Waals surface area contributed by atoms with Gasteiger partial charge in [-0.25, -0.2) is 5.10 Å². The number of nitrogens with two attached hydrogens (primary N) is 1. The third kappa shape index (κ3) is 4.02. The van der Waals surface area contributed by atoms with Crippen LogP contribution >= 0.6 is 23.1 Å². The highest BCUT2D eigenvalue weighted by Gasteiger charge is 2.32. The predicted molar refractivity (Wildman–Crippen MR) is 104 cm³/mol. The van der Waals surface area contributed by atoms with Crippen LogP contribution in [0.4, 0.5) is 10.9 Å². The van der Waals surface area contributed by atoms with Crippen molar-refractivity contribution in [3.8, 4) is 6.07 Å². The van der Waals surface area contributed by atoms with Gasteiger partial charge in [0.1, 0.15) is 11.1 Å². The normalized spacial score (nSPS) is 16.8. The van der Waals surface area contributed by atoms with Crippen LogP contribution in [0.5, 0.6) is 0 Å². The second-order valence-electron chi connectivity index (χ2n) is 7.47. The Bertz CT molecular complexity index is 858. The number of nitrogens with zero attached hydrogens (tertiary/aromatic N) is 3. The summed E-state index contributed by atoms with van der Waals surface area (Å²) >= 11 is 2.74. The molecule has 26 heavy (non-hydrogen) atoms. The van der Waals surface area contributed by atoms with E-state index in [4.69, 9.17) is 5.73 Å². The van der Waals surface area contributed by atoms with Gasteiger partial charge in [-0.15, -0.1) is 16.4 Å². The quantitative estimate of drug-likeness (QED) is 0.689. The average molecular weight is 391 g/mol. The molecule has 2 aromatic heterocycles. The van der Waals surface area contributed by atoms with Crippen LogP contribution in [-0.2, 0) is 17.6 Å². The highest BCUT2D eigenvalue weighted by atomic mass is 32.2. The number of nitrogens with one attached hydrogen (secondary N) is 2. The monoisotopic (exact) mass is 390 g/mol. The first-order valence-corrected chi connectivity index (χ1v) is 10.2. The Labute approximate surface area is 160 Å². The van der Waals surface area contributed by atoms with Crippen LogP contribution < -0.4 is 11.1 Å². The maximum Gasteiger partial charge on any atom is 0.235 e. The number of hydrogen-bond acceptors (Lipinski definition) is 7. The van der Waals surface area contributed by atoms with E-state index >= 15 is 0 Å². The Balaban J connectivity index is 1.70.